The van der Waals surface area contributed by atoms with Gasteiger partial charge in [-0.1, -0.05) is 24.4 Å². The molecule has 8 heteroatoms. The van der Waals surface area contributed by atoms with E-state index in [4.69, 9.17) is 17.0 Å². The first kappa shape index (κ1) is 16.9. The van der Waals surface area contributed by atoms with Gasteiger partial charge in [0, 0.05) is 0 Å². The van der Waals surface area contributed by atoms with Gasteiger partial charge in [0.05, 0.1) is 31.2 Å². The van der Waals surface area contributed by atoms with Crippen molar-refractivity contribution in [2.45, 2.75) is 13.6 Å². The molecule has 1 N–H and O–H groups in total. The van der Waals surface area contributed by atoms with Crippen LogP contribution in [0.2, 0.25) is 0 Å². The van der Waals surface area contributed by atoms with Gasteiger partial charge in [-0.3, -0.25) is 4.57 Å². The minimum absolute atomic E-state index is 0.194. The van der Waals surface area contributed by atoms with Crippen LogP contribution >= 0.6 is 12.2 Å². The van der Waals surface area contributed by atoms with E-state index in [1.54, 1.807) is 34.6 Å². The molecule has 0 bridgehead atoms. The third-order valence-corrected chi connectivity index (χ3v) is 4.29. The Balaban J connectivity index is 2.09. The number of hydrogen-bond donors (Lipinski definition) is 1. The van der Waals surface area contributed by atoms with Gasteiger partial charge in [-0.2, -0.15) is 5.26 Å². The van der Waals surface area contributed by atoms with Crippen LogP contribution in [0, 0.1) is 21.8 Å². The first-order chi connectivity index (χ1) is 12.1. The Labute approximate surface area is 149 Å². The SMILES string of the molecule is CCOC(=O)c1cc(C#N)c(=S)n2c1NCN(c1ccccc1F)C2. The summed E-state index contributed by atoms with van der Waals surface area (Å²) in [5.74, 6) is -0.430. The first-order valence-electron chi connectivity index (χ1n) is 7.65. The van der Waals surface area contributed by atoms with E-state index < -0.39 is 5.97 Å². The highest BCUT2D eigenvalue weighted by molar-refractivity contribution is 7.71. The smallest absolute Gasteiger partial charge is 0.341 e. The van der Waals surface area contributed by atoms with Crippen molar-refractivity contribution in [1.82, 2.24) is 4.57 Å². The Bertz CT molecular complexity index is 935. The normalized spacial score (nSPS) is 12.8. The number of pyridine rings is 1. The minimum Gasteiger partial charge on any atom is -0.462 e. The number of nitrogens with zero attached hydrogens (tertiary/aromatic N) is 3. The number of ether oxygens (including phenoxy) is 1. The topological polar surface area (TPSA) is 70.3 Å². The van der Waals surface area contributed by atoms with E-state index in [0.717, 1.165) is 0 Å². The molecule has 0 saturated carbocycles. The third-order valence-electron chi connectivity index (χ3n) is 3.85. The number of fused-ring (bicyclic) bond motifs is 1. The Morgan fingerprint density at radius 3 is 2.92 bits per heavy atom. The molecular formula is C17H15FN4O2S. The van der Waals surface area contributed by atoms with Gasteiger partial charge in [-0.05, 0) is 25.1 Å². The number of benzene rings is 1. The van der Waals surface area contributed by atoms with Crippen molar-refractivity contribution in [3.63, 3.8) is 0 Å². The van der Waals surface area contributed by atoms with Crippen LogP contribution in [0.5, 0.6) is 0 Å². The summed E-state index contributed by atoms with van der Waals surface area (Å²) in [4.78, 5) is 13.9. The van der Waals surface area contributed by atoms with Crippen LogP contribution in [0.4, 0.5) is 15.9 Å². The van der Waals surface area contributed by atoms with Gasteiger partial charge in [-0.15, -0.1) is 0 Å². The van der Waals surface area contributed by atoms with Crippen LogP contribution in [-0.2, 0) is 11.4 Å². The predicted octanol–water partition coefficient (Wildman–Crippen LogP) is 3.25. The predicted molar refractivity (Wildman–Crippen MR) is 93.3 cm³/mol. The van der Waals surface area contributed by atoms with Gasteiger partial charge in [0.25, 0.3) is 0 Å². The summed E-state index contributed by atoms with van der Waals surface area (Å²) < 4.78 is 21.0. The number of esters is 1. The zero-order valence-corrected chi connectivity index (χ0v) is 14.3. The molecule has 0 amide bonds. The monoisotopic (exact) mass is 358 g/mol. The van der Waals surface area contributed by atoms with Gasteiger partial charge < -0.3 is 15.0 Å². The lowest BCUT2D eigenvalue weighted by molar-refractivity contribution is 0.0526. The molecule has 128 valence electrons. The summed E-state index contributed by atoms with van der Waals surface area (Å²) >= 11 is 5.35. The molecule has 6 nitrogen and oxygen atoms in total. The van der Waals surface area contributed by atoms with Crippen molar-refractivity contribution in [2.24, 2.45) is 0 Å². The lowest BCUT2D eigenvalue weighted by Crippen LogP contribution is -2.39. The number of anilines is 2. The summed E-state index contributed by atoms with van der Waals surface area (Å²) in [5.41, 5.74) is 0.835. The van der Waals surface area contributed by atoms with Crippen LogP contribution in [0.25, 0.3) is 0 Å². The van der Waals surface area contributed by atoms with Gasteiger partial charge >= 0.3 is 5.97 Å². The molecule has 2 aromatic rings. The first-order valence-corrected chi connectivity index (χ1v) is 8.06. The van der Waals surface area contributed by atoms with Gasteiger partial charge in [0.2, 0.25) is 0 Å². The lowest BCUT2D eigenvalue weighted by Gasteiger charge is -2.34. The number of halogens is 1. The highest BCUT2D eigenvalue weighted by atomic mass is 32.1. The summed E-state index contributed by atoms with van der Waals surface area (Å²) in [6.07, 6.45) is 0. The molecule has 0 saturated heterocycles. The average molecular weight is 358 g/mol. The lowest BCUT2D eigenvalue weighted by atomic mass is 10.1. The number of para-hydroxylation sites is 1. The number of rotatable bonds is 3. The van der Waals surface area contributed by atoms with E-state index in [0.29, 0.717) is 11.5 Å². The number of carbonyl (C=O) groups excluding carboxylic acids is 1. The van der Waals surface area contributed by atoms with Crippen molar-refractivity contribution >= 4 is 29.7 Å². The molecule has 3 rings (SSSR count). The largest absolute Gasteiger partial charge is 0.462 e. The van der Waals surface area contributed by atoms with E-state index in [-0.39, 0.29) is 41.5 Å². The fourth-order valence-electron chi connectivity index (χ4n) is 2.70. The third kappa shape index (κ3) is 3.06. The van der Waals surface area contributed by atoms with Gasteiger partial charge in [-0.25, -0.2) is 9.18 Å². The Kier molecular flexibility index (Phi) is 4.67. The molecule has 0 unspecified atom stereocenters. The van der Waals surface area contributed by atoms with Crippen molar-refractivity contribution in [1.29, 1.82) is 5.26 Å². The molecule has 1 aromatic heterocycles. The molecule has 0 fully saturated rings. The number of nitriles is 1. The van der Waals surface area contributed by atoms with Crippen molar-refractivity contribution in [3.8, 4) is 6.07 Å². The van der Waals surface area contributed by atoms with Crippen molar-refractivity contribution < 1.29 is 13.9 Å². The molecule has 1 aliphatic heterocycles. The maximum Gasteiger partial charge on any atom is 0.341 e. The second-order valence-electron chi connectivity index (χ2n) is 5.35. The fourth-order valence-corrected chi connectivity index (χ4v) is 2.95. The quantitative estimate of drug-likeness (QED) is 0.671. The van der Waals surface area contributed by atoms with Crippen LogP contribution in [0.3, 0.4) is 0 Å². The van der Waals surface area contributed by atoms with Crippen LogP contribution < -0.4 is 10.2 Å². The maximum atomic E-state index is 14.1. The van der Waals surface area contributed by atoms with Gasteiger partial charge in [0.1, 0.15) is 27.9 Å². The summed E-state index contributed by atoms with van der Waals surface area (Å²) in [7, 11) is 0. The highest BCUT2D eigenvalue weighted by Crippen LogP contribution is 2.28. The van der Waals surface area contributed by atoms with Gasteiger partial charge in [0.15, 0.2) is 0 Å². The number of aromatic nitrogens is 1. The summed E-state index contributed by atoms with van der Waals surface area (Å²) in [6.45, 7) is 2.42. The molecule has 0 spiro atoms. The standard InChI is InChI=1S/C17H15FN4O2S/c1-2-24-17(23)12-7-11(8-19)16(25)22-10-21(9-20-15(12)22)14-6-4-3-5-13(14)18/h3-7,20H,2,9-10H2,1H3. The minimum atomic E-state index is -0.537. The molecule has 2 heterocycles. The molecule has 25 heavy (non-hydrogen) atoms. The molecule has 0 atom stereocenters. The molecular weight excluding hydrogens is 343 g/mol. The molecule has 0 radical (unpaired) electrons. The zero-order valence-electron chi connectivity index (χ0n) is 13.5. The highest BCUT2D eigenvalue weighted by Gasteiger charge is 2.25. The molecule has 1 aliphatic rings. The summed E-state index contributed by atoms with van der Waals surface area (Å²) in [6, 6.07) is 9.81. The second kappa shape index (κ2) is 6.91. The summed E-state index contributed by atoms with van der Waals surface area (Å²) in [5, 5.41) is 12.4. The van der Waals surface area contributed by atoms with Crippen LogP contribution in [0.1, 0.15) is 22.8 Å². The van der Waals surface area contributed by atoms with Crippen molar-refractivity contribution in [2.75, 3.05) is 23.5 Å². The Hall–Kier alpha value is -2.92. The van der Waals surface area contributed by atoms with E-state index >= 15 is 0 Å². The molecule has 1 aromatic carbocycles. The zero-order chi connectivity index (χ0) is 18.0. The van der Waals surface area contributed by atoms with E-state index in [1.807, 2.05) is 6.07 Å². The molecule has 0 aliphatic carbocycles. The second-order valence-corrected chi connectivity index (χ2v) is 5.74. The number of carbonyl (C=O) groups is 1. The van der Waals surface area contributed by atoms with E-state index in [2.05, 4.69) is 5.32 Å². The number of nitrogens with one attached hydrogen (secondary N) is 1. The maximum absolute atomic E-state index is 14.1. The number of hydrogen-bond acceptors (Lipinski definition) is 6. The van der Waals surface area contributed by atoms with E-state index in [1.165, 1.54) is 12.1 Å². The van der Waals surface area contributed by atoms with Crippen molar-refractivity contribution in [3.05, 3.63) is 51.9 Å². The Morgan fingerprint density at radius 1 is 1.48 bits per heavy atom. The fraction of sp³-hybridized carbons (Fsp3) is 0.235. The van der Waals surface area contributed by atoms with Crippen LogP contribution in [0.15, 0.2) is 30.3 Å². The Morgan fingerprint density at radius 2 is 2.24 bits per heavy atom. The van der Waals surface area contributed by atoms with Crippen LogP contribution in [-0.4, -0.2) is 23.8 Å². The van der Waals surface area contributed by atoms with E-state index in [9.17, 15) is 14.4 Å². The average Bonchev–Trinajstić information content (AvgIpc) is 2.62.